The molecular formula is C25H26F6N2. The number of aromatic nitrogens is 1. The third-order valence-electron chi connectivity index (χ3n) is 5.57. The van der Waals surface area contributed by atoms with Crippen molar-refractivity contribution >= 4 is 16.7 Å². The Bertz CT molecular complexity index is 1060. The van der Waals surface area contributed by atoms with E-state index in [0.717, 1.165) is 53.8 Å². The Hall–Kier alpha value is -2.77. The van der Waals surface area contributed by atoms with E-state index in [0.29, 0.717) is 6.54 Å². The van der Waals surface area contributed by atoms with Gasteiger partial charge in [-0.15, -0.1) is 0 Å². The summed E-state index contributed by atoms with van der Waals surface area (Å²) >= 11 is 0. The average molecular weight is 468 g/mol. The zero-order valence-corrected chi connectivity index (χ0v) is 18.5. The summed E-state index contributed by atoms with van der Waals surface area (Å²) in [4.78, 5) is 6.90. The molecule has 0 spiro atoms. The molecule has 0 fully saturated rings. The van der Waals surface area contributed by atoms with Crippen LogP contribution in [0.2, 0.25) is 0 Å². The van der Waals surface area contributed by atoms with Crippen LogP contribution in [0.15, 0.2) is 48.5 Å². The molecule has 0 saturated heterocycles. The first-order chi connectivity index (χ1) is 15.5. The molecule has 3 rings (SSSR count). The number of rotatable bonds is 8. The number of anilines is 1. The van der Waals surface area contributed by atoms with Gasteiger partial charge in [-0.25, -0.2) is 4.98 Å². The molecule has 0 N–H and O–H groups in total. The maximum absolute atomic E-state index is 13.2. The van der Waals surface area contributed by atoms with Crippen molar-refractivity contribution in [3.05, 3.63) is 70.8 Å². The minimum absolute atomic E-state index is 0.00661. The summed E-state index contributed by atoms with van der Waals surface area (Å²) in [5.41, 5.74) is -0.986. The molecule has 8 heteroatoms. The van der Waals surface area contributed by atoms with Gasteiger partial charge in [-0.2, -0.15) is 26.3 Å². The first-order valence-corrected chi connectivity index (χ1v) is 10.9. The Morgan fingerprint density at radius 3 is 2.03 bits per heavy atom. The van der Waals surface area contributed by atoms with Crippen LogP contribution in [0.25, 0.3) is 10.9 Å². The molecule has 0 unspecified atom stereocenters. The van der Waals surface area contributed by atoms with Crippen molar-refractivity contribution in [3.63, 3.8) is 0 Å². The second kappa shape index (κ2) is 10.0. The van der Waals surface area contributed by atoms with Crippen LogP contribution in [0.3, 0.4) is 0 Å². The predicted molar refractivity (Wildman–Crippen MR) is 118 cm³/mol. The molecule has 0 aliphatic rings. The minimum atomic E-state index is -4.86. The zero-order chi connectivity index (χ0) is 24.2. The Labute approximate surface area is 189 Å². The summed E-state index contributed by atoms with van der Waals surface area (Å²) in [5, 5.41) is 0.878. The fourth-order valence-electron chi connectivity index (χ4n) is 3.81. The van der Waals surface area contributed by atoms with Gasteiger partial charge in [0.25, 0.3) is 0 Å². The summed E-state index contributed by atoms with van der Waals surface area (Å²) in [6.45, 7) is 5.54. The van der Waals surface area contributed by atoms with E-state index in [1.807, 2.05) is 37.3 Å². The largest absolute Gasteiger partial charge is 0.416 e. The molecule has 2 aromatic carbocycles. The number of hydrogen-bond donors (Lipinski definition) is 0. The highest BCUT2D eigenvalue weighted by Crippen LogP contribution is 2.37. The van der Waals surface area contributed by atoms with E-state index in [2.05, 4.69) is 11.8 Å². The third kappa shape index (κ3) is 6.18. The van der Waals surface area contributed by atoms with Crippen molar-refractivity contribution in [2.45, 2.75) is 51.9 Å². The minimum Gasteiger partial charge on any atom is -0.357 e. The molecule has 2 nitrogen and oxygen atoms in total. The van der Waals surface area contributed by atoms with E-state index in [1.54, 1.807) is 0 Å². The van der Waals surface area contributed by atoms with E-state index in [4.69, 9.17) is 4.98 Å². The summed E-state index contributed by atoms with van der Waals surface area (Å²) in [5.74, 6) is 0.729. The van der Waals surface area contributed by atoms with Gasteiger partial charge in [0.05, 0.1) is 16.6 Å². The van der Waals surface area contributed by atoms with Gasteiger partial charge in [-0.1, -0.05) is 31.5 Å². The number of unbranched alkanes of at least 4 members (excludes halogenated alkanes) is 1. The highest BCUT2D eigenvalue weighted by Gasteiger charge is 2.36. The smallest absolute Gasteiger partial charge is 0.357 e. The van der Waals surface area contributed by atoms with Gasteiger partial charge in [0, 0.05) is 18.5 Å². The van der Waals surface area contributed by atoms with Crippen molar-refractivity contribution in [2.75, 3.05) is 18.0 Å². The molecule has 33 heavy (non-hydrogen) atoms. The summed E-state index contributed by atoms with van der Waals surface area (Å²) in [6, 6.07) is 11.2. The van der Waals surface area contributed by atoms with Gasteiger partial charge < -0.3 is 4.90 Å². The lowest BCUT2D eigenvalue weighted by Gasteiger charge is -2.25. The molecule has 0 amide bonds. The van der Waals surface area contributed by atoms with Crippen LogP contribution in [-0.4, -0.2) is 18.1 Å². The number of pyridine rings is 1. The SMILES string of the molecule is CCCCN(CC)c1nc2ccccc2cc1CCc1cc(C(F)(F)F)cc(C(F)(F)F)c1. The van der Waals surface area contributed by atoms with E-state index in [9.17, 15) is 26.3 Å². The number of fused-ring (bicyclic) bond motifs is 1. The molecule has 0 atom stereocenters. The van der Waals surface area contributed by atoms with Gasteiger partial charge in [0.1, 0.15) is 5.82 Å². The molecule has 0 radical (unpaired) electrons. The quantitative estimate of drug-likeness (QED) is 0.315. The van der Waals surface area contributed by atoms with Gasteiger partial charge in [0.2, 0.25) is 0 Å². The number of halogens is 6. The predicted octanol–water partition coefficient (Wildman–Crippen LogP) is 7.68. The van der Waals surface area contributed by atoms with Crippen molar-refractivity contribution in [2.24, 2.45) is 0 Å². The fourth-order valence-corrected chi connectivity index (χ4v) is 3.81. The number of nitrogens with zero attached hydrogens (tertiary/aromatic N) is 2. The van der Waals surface area contributed by atoms with Crippen LogP contribution in [0.5, 0.6) is 0 Å². The zero-order valence-electron chi connectivity index (χ0n) is 18.5. The van der Waals surface area contributed by atoms with Crippen LogP contribution in [0, 0.1) is 0 Å². The van der Waals surface area contributed by atoms with Gasteiger partial charge in [-0.05, 0) is 67.6 Å². The second-order valence-corrected chi connectivity index (χ2v) is 8.01. The molecule has 0 saturated carbocycles. The standard InChI is InChI=1S/C25H26F6N2/c1-3-5-12-33(4-2)23-19(15-18-8-6-7-9-22(18)32-23)11-10-17-13-20(24(26,27)28)16-21(14-17)25(29,30)31/h6-9,13-16H,3-5,10-12H2,1-2H3. The molecule has 1 aromatic heterocycles. The Morgan fingerprint density at radius 1 is 0.818 bits per heavy atom. The normalized spacial score (nSPS) is 12.4. The number of aryl methyl sites for hydroxylation is 2. The molecular weight excluding hydrogens is 442 g/mol. The van der Waals surface area contributed by atoms with Gasteiger partial charge in [0.15, 0.2) is 0 Å². The maximum atomic E-state index is 13.2. The Kier molecular flexibility index (Phi) is 7.55. The van der Waals surface area contributed by atoms with E-state index >= 15 is 0 Å². The van der Waals surface area contributed by atoms with Crippen LogP contribution in [0.4, 0.5) is 32.2 Å². The summed E-state index contributed by atoms with van der Waals surface area (Å²) < 4.78 is 79.3. The molecule has 3 aromatic rings. The monoisotopic (exact) mass is 468 g/mol. The lowest BCUT2D eigenvalue weighted by atomic mass is 9.98. The van der Waals surface area contributed by atoms with Crippen LogP contribution < -0.4 is 4.90 Å². The van der Waals surface area contributed by atoms with Gasteiger partial charge >= 0.3 is 12.4 Å². The van der Waals surface area contributed by atoms with Crippen molar-refractivity contribution in [1.82, 2.24) is 4.98 Å². The van der Waals surface area contributed by atoms with E-state index < -0.39 is 23.5 Å². The van der Waals surface area contributed by atoms with Crippen molar-refractivity contribution < 1.29 is 26.3 Å². The number of hydrogen-bond acceptors (Lipinski definition) is 2. The number of para-hydroxylation sites is 1. The van der Waals surface area contributed by atoms with Gasteiger partial charge in [-0.3, -0.25) is 0 Å². The van der Waals surface area contributed by atoms with Crippen molar-refractivity contribution in [3.8, 4) is 0 Å². The Morgan fingerprint density at radius 2 is 1.45 bits per heavy atom. The van der Waals surface area contributed by atoms with E-state index in [1.165, 1.54) is 0 Å². The number of alkyl halides is 6. The Balaban J connectivity index is 2.00. The molecule has 178 valence electrons. The lowest BCUT2D eigenvalue weighted by molar-refractivity contribution is -0.143. The third-order valence-corrected chi connectivity index (χ3v) is 5.57. The second-order valence-electron chi connectivity index (χ2n) is 8.01. The maximum Gasteiger partial charge on any atom is 0.416 e. The first kappa shape index (κ1) is 24.9. The van der Waals surface area contributed by atoms with E-state index in [-0.39, 0.29) is 24.5 Å². The highest BCUT2D eigenvalue weighted by atomic mass is 19.4. The molecule has 1 heterocycles. The fraction of sp³-hybridized carbons (Fsp3) is 0.400. The van der Waals surface area contributed by atoms with Crippen LogP contribution >= 0.6 is 0 Å². The first-order valence-electron chi connectivity index (χ1n) is 10.9. The topological polar surface area (TPSA) is 16.1 Å². The van der Waals surface area contributed by atoms with Crippen LogP contribution in [-0.2, 0) is 25.2 Å². The summed E-state index contributed by atoms with van der Waals surface area (Å²) in [6.07, 6.45) is -7.47. The summed E-state index contributed by atoms with van der Waals surface area (Å²) in [7, 11) is 0. The van der Waals surface area contributed by atoms with Crippen LogP contribution in [0.1, 0.15) is 48.9 Å². The molecule has 0 aliphatic heterocycles. The highest BCUT2D eigenvalue weighted by molar-refractivity contribution is 5.81. The van der Waals surface area contributed by atoms with Crippen molar-refractivity contribution in [1.29, 1.82) is 0 Å². The molecule has 0 bridgehead atoms. The lowest BCUT2D eigenvalue weighted by Crippen LogP contribution is -2.26. The average Bonchev–Trinajstić information content (AvgIpc) is 2.76. The number of benzene rings is 2. The molecule has 0 aliphatic carbocycles.